The van der Waals surface area contributed by atoms with Gasteiger partial charge < -0.3 is 10.5 Å². The highest BCUT2D eigenvalue weighted by Crippen LogP contribution is 2.56. The van der Waals surface area contributed by atoms with E-state index in [9.17, 15) is 0 Å². The molecule has 1 aliphatic heterocycles. The second-order valence-electron chi connectivity index (χ2n) is 12.0. The average molecular weight is 523 g/mol. The summed E-state index contributed by atoms with van der Waals surface area (Å²) in [6.07, 6.45) is 10.1. The number of nitrogens with one attached hydrogen (secondary N) is 1. The lowest BCUT2D eigenvalue weighted by molar-refractivity contribution is -0.103. The van der Waals surface area contributed by atoms with Gasteiger partial charge in [-0.25, -0.2) is 10.1 Å². The van der Waals surface area contributed by atoms with E-state index in [-0.39, 0.29) is 11.5 Å². The van der Waals surface area contributed by atoms with Crippen molar-refractivity contribution in [3.63, 3.8) is 0 Å². The highest BCUT2D eigenvalue weighted by Gasteiger charge is 2.52. The summed E-state index contributed by atoms with van der Waals surface area (Å²) in [4.78, 5) is 7.26. The summed E-state index contributed by atoms with van der Waals surface area (Å²) in [5.41, 5.74) is 12.3. The normalized spacial score (nSPS) is 27.1. The number of H-pyrrole nitrogens is 1. The molecule has 0 spiro atoms. The van der Waals surface area contributed by atoms with Crippen LogP contribution in [0.1, 0.15) is 74.0 Å². The molecule has 3 heterocycles. The molecule has 3 saturated carbocycles. The van der Waals surface area contributed by atoms with E-state index in [2.05, 4.69) is 86.0 Å². The van der Waals surface area contributed by atoms with Gasteiger partial charge in [0.15, 0.2) is 5.65 Å². The zero-order valence-electron chi connectivity index (χ0n) is 22.6. The predicted molar refractivity (Wildman–Crippen MR) is 153 cm³/mol. The maximum absolute atomic E-state index is 6.26. The van der Waals surface area contributed by atoms with E-state index in [0.29, 0.717) is 23.0 Å². The Balaban J connectivity index is 1.18. The van der Waals surface area contributed by atoms with Crippen molar-refractivity contribution < 1.29 is 4.74 Å². The Hall–Kier alpha value is -3.29. The molecule has 202 valence electrons. The molecular weight excluding hydrogens is 484 g/mol. The number of aromatic amines is 1. The van der Waals surface area contributed by atoms with Gasteiger partial charge in [0.05, 0.1) is 6.10 Å². The van der Waals surface area contributed by atoms with Crippen LogP contribution in [-0.2, 0) is 10.2 Å². The van der Waals surface area contributed by atoms with Gasteiger partial charge in [-0.3, -0.25) is 4.90 Å². The Labute approximate surface area is 230 Å². The molecule has 2 atom stereocenters. The summed E-state index contributed by atoms with van der Waals surface area (Å²) in [6, 6.07) is 24.0. The highest BCUT2D eigenvalue weighted by atomic mass is 16.5. The van der Waals surface area contributed by atoms with Crippen LogP contribution in [0.25, 0.3) is 11.2 Å². The van der Waals surface area contributed by atoms with Gasteiger partial charge >= 0.3 is 0 Å². The van der Waals surface area contributed by atoms with Crippen LogP contribution in [0.15, 0.2) is 66.7 Å². The summed E-state index contributed by atoms with van der Waals surface area (Å²) in [5.74, 6) is 0.653. The number of fused-ring (bicyclic) bond motifs is 4. The molecule has 1 saturated heterocycles. The predicted octanol–water partition coefficient (Wildman–Crippen LogP) is 5.59. The van der Waals surface area contributed by atoms with Crippen LogP contribution in [-0.4, -0.2) is 56.6 Å². The van der Waals surface area contributed by atoms with E-state index in [4.69, 9.17) is 10.5 Å². The first-order valence-corrected chi connectivity index (χ1v) is 14.6. The molecule has 39 heavy (non-hydrogen) atoms. The maximum atomic E-state index is 6.26. The van der Waals surface area contributed by atoms with E-state index in [1.165, 1.54) is 50.5 Å². The molecule has 2 aromatic heterocycles. The minimum atomic E-state index is 0.154. The third-order valence-electron chi connectivity index (χ3n) is 10.1. The Morgan fingerprint density at radius 1 is 0.974 bits per heavy atom. The Bertz CT molecular complexity index is 1390. The van der Waals surface area contributed by atoms with Crippen LogP contribution in [0, 0.1) is 0 Å². The number of ether oxygens (including phenoxy) is 1. The van der Waals surface area contributed by atoms with Crippen molar-refractivity contribution in [2.24, 2.45) is 0 Å². The molecule has 2 unspecified atom stereocenters. The van der Waals surface area contributed by atoms with Crippen LogP contribution in [0.5, 0.6) is 0 Å². The second-order valence-corrected chi connectivity index (χ2v) is 12.0. The number of aromatic nitrogens is 4. The fourth-order valence-electron chi connectivity index (χ4n) is 7.68. The number of rotatable bonds is 9. The van der Waals surface area contributed by atoms with Gasteiger partial charge in [0.1, 0.15) is 11.3 Å². The lowest BCUT2D eigenvalue weighted by Gasteiger charge is -2.59. The number of nitrogen functional groups attached to an aromatic ring is 1. The molecule has 4 fully saturated rings. The van der Waals surface area contributed by atoms with Crippen molar-refractivity contribution in [3.8, 4) is 0 Å². The fraction of sp³-hybridized carbons (Fsp3) is 0.469. The van der Waals surface area contributed by atoms with Crippen molar-refractivity contribution in [1.82, 2.24) is 25.3 Å². The third-order valence-corrected chi connectivity index (χ3v) is 10.1. The molecule has 2 bridgehead atoms. The summed E-state index contributed by atoms with van der Waals surface area (Å²) >= 11 is 0. The number of hydrogen-bond acceptors (Lipinski definition) is 6. The van der Waals surface area contributed by atoms with Crippen molar-refractivity contribution >= 4 is 17.0 Å². The fourth-order valence-corrected chi connectivity index (χ4v) is 7.68. The lowest BCUT2D eigenvalue weighted by Crippen LogP contribution is -2.60. The zero-order valence-corrected chi connectivity index (χ0v) is 22.6. The topological polar surface area (TPSA) is 93.0 Å². The second kappa shape index (κ2) is 10.0. The standard InChI is InChI=1S/C32H38N6O/c33-28-21-27(29-30(34-28)36-37-35-29)26(23-7-3-1-4-8-23)11-19-38(22-25-12-20-39-25)32-16-13-31(14-17-32,15-18-32)24-9-5-2-6-10-24/h1-10,21,25-26H,11-20,22H2,(H3,33,34,35,36,37). The van der Waals surface area contributed by atoms with E-state index >= 15 is 0 Å². The van der Waals surface area contributed by atoms with Gasteiger partial charge in [-0.2, -0.15) is 0 Å². The summed E-state index contributed by atoms with van der Waals surface area (Å²) in [6.45, 7) is 2.94. The van der Waals surface area contributed by atoms with Gasteiger partial charge in [0.25, 0.3) is 0 Å². The summed E-state index contributed by atoms with van der Waals surface area (Å²) in [7, 11) is 0. The molecule has 3 N–H and O–H groups in total. The minimum Gasteiger partial charge on any atom is -0.384 e. The zero-order chi connectivity index (χ0) is 26.3. The third kappa shape index (κ3) is 4.51. The number of nitrogens with zero attached hydrogens (tertiary/aromatic N) is 4. The van der Waals surface area contributed by atoms with Gasteiger partial charge in [-0.05, 0) is 86.1 Å². The van der Waals surface area contributed by atoms with Gasteiger partial charge in [-0.15, -0.1) is 5.10 Å². The maximum Gasteiger partial charge on any atom is 0.178 e. The largest absolute Gasteiger partial charge is 0.384 e. The molecule has 0 amide bonds. The van der Waals surface area contributed by atoms with E-state index in [1.54, 1.807) is 5.56 Å². The number of anilines is 1. The molecule has 7 nitrogen and oxygen atoms in total. The Morgan fingerprint density at radius 2 is 1.67 bits per heavy atom. The molecule has 4 aromatic rings. The van der Waals surface area contributed by atoms with Crippen LogP contribution >= 0.6 is 0 Å². The lowest BCUT2D eigenvalue weighted by atomic mass is 9.54. The SMILES string of the molecule is Nc1cc(C(CCN(CC2CCO2)C23CCC(c4ccccc4)(CC2)CC3)c2ccccc2)c2nn[nH]c2n1. The Kier molecular flexibility index (Phi) is 6.36. The first-order valence-electron chi connectivity index (χ1n) is 14.6. The molecule has 0 radical (unpaired) electrons. The average Bonchev–Trinajstić information content (AvgIpc) is 3.44. The van der Waals surface area contributed by atoms with E-state index in [0.717, 1.165) is 37.2 Å². The van der Waals surface area contributed by atoms with Crippen molar-refractivity contribution in [3.05, 3.63) is 83.4 Å². The molecule has 3 aliphatic carbocycles. The summed E-state index contributed by atoms with van der Waals surface area (Å²) < 4.78 is 5.99. The molecule has 7 heteroatoms. The first-order chi connectivity index (χ1) is 19.1. The van der Waals surface area contributed by atoms with Crippen molar-refractivity contribution in [2.45, 2.75) is 74.3 Å². The van der Waals surface area contributed by atoms with E-state index < -0.39 is 0 Å². The molecule has 8 rings (SSSR count). The van der Waals surface area contributed by atoms with Crippen molar-refractivity contribution in [1.29, 1.82) is 0 Å². The number of pyridine rings is 1. The van der Waals surface area contributed by atoms with Crippen LogP contribution in [0.4, 0.5) is 5.82 Å². The van der Waals surface area contributed by atoms with Gasteiger partial charge in [0, 0.05) is 24.6 Å². The van der Waals surface area contributed by atoms with Crippen LogP contribution in [0.3, 0.4) is 0 Å². The monoisotopic (exact) mass is 522 g/mol. The van der Waals surface area contributed by atoms with Crippen LogP contribution in [0.2, 0.25) is 0 Å². The van der Waals surface area contributed by atoms with Crippen LogP contribution < -0.4 is 5.73 Å². The number of benzene rings is 2. The van der Waals surface area contributed by atoms with E-state index in [1.807, 2.05) is 6.07 Å². The van der Waals surface area contributed by atoms with Gasteiger partial charge in [-0.1, -0.05) is 65.9 Å². The summed E-state index contributed by atoms with van der Waals surface area (Å²) in [5, 5.41) is 11.4. The molecular formula is C32H38N6O. The molecule has 4 aliphatic rings. The smallest absolute Gasteiger partial charge is 0.178 e. The number of hydrogen-bond donors (Lipinski definition) is 2. The van der Waals surface area contributed by atoms with Gasteiger partial charge in [0.2, 0.25) is 0 Å². The Morgan fingerprint density at radius 3 is 2.33 bits per heavy atom. The molecule has 2 aromatic carbocycles. The van der Waals surface area contributed by atoms with Crippen molar-refractivity contribution in [2.75, 3.05) is 25.4 Å². The quantitative estimate of drug-likeness (QED) is 0.298. The number of nitrogens with two attached hydrogens (primary N) is 1. The highest BCUT2D eigenvalue weighted by molar-refractivity contribution is 5.77. The first kappa shape index (κ1) is 24.7. The minimum absolute atomic E-state index is 0.154.